The van der Waals surface area contributed by atoms with Crippen molar-refractivity contribution in [1.82, 2.24) is 4.98 Å². The van der Waals surface area contributed by atoms with Crippen LogP contribution in [0.4, 0.5) is 5.82 Å². The fourth-order valence-corrected chi connectivity index (χ4v) is 1.53. The molecule has 3 nitrogen and oxygen atoms in total. The van der Waals surface area contributed by atoms with Crippen molar-refractivity contribution in [2.75, 3.05) is 18.5 Å². The zero-order valence-electron chi connectivity index (χ0n) is 10.2. The predicted molar refractivity (Wildman–Crippen MR) is 67.8 cm³/mol. The highest BCUT2D eigenvalue weighted by Gasteiger charge is 2.00. The summed E-state index contributed by atoms with van der Waals surface area (Å²) in [5.41, 5.74) is 1.31. The van der Waals surface area contributed by atoms with Crippen LogP contribution in [0, 0.1) is 0 Å². The third-order valence-corrected chi connectivity index (χ3v) is 2.59. The van der Waals surface area contributed by atoms with Gasteiger partial charge in [0.25, 0.3) is 0 Å². The molecule has 0 aliphatic heterocycles. The second-order valence-corrected chi connectivity index (χ2v) is 4.34. The van der Waals surface area contributed by atoms with Crippen LogP contribution in [0.2, 0.25) is 0 Å². The highest BCUT2D eigenvalue weighted by Crippen LogP contribution is 2.16. The van der Waals surface area contributed by atoms with Gasteiger partial charge in [0, 0.05) is 19.3 Å². The number of anilines is 1. The van der Waals surface area contributed by atoms with E-state index in [0.717, 1.165) is 31.6 Å². The average Bonchev–Trinajstić information content (AvgIpc) is 2.29. The normalized spacial score (nSPS) is 10.8. The minimum Gasteiger partial charge on any atom is -0.396 e. The van der Waals surface area contributed by atoms with Crippen LogP contribution in [0.5, 0.6) is 0 Å². The summed E-state index contributed by atoms with van der Waals surface area (Å²) in [6.07, 6.45) is 4.88. The maximum atomic E-state index is 8.65. The van der Waals surface area contributed by atoms with Gasteiger partial charge in [-0.3, -0.25) is 0 Å². The van der Waals surface area contributed by atoms with Crippen LogP contribution in [0.1, 0.15) is 44.6 Å². The maximum Gasteiger partial charge on any atom is 0.126 e. The van der Waals surface area contributed by atoms with Crippen molar-refractivity contribution in [3.05, 3.63) is 23.9 Å². The van der Waals surface area contributed by atoms with Gasteiger partial charge in [-0.05, 0) is 42.9 Å². The molecule has 90 valence electrons. The standard InChI is InChI=1S/C13H22N2O/c1-11(2)12-6-8-15-13(10-12)14-7-4-3-5-9-16/h6,8,10-11,16H,3-5,7,9H2,1-2H3,(H,14,15). The summed E-state index contributed by atoms with van der Waals surface area (Å²) >= 11 is 0. The molecule has 0 saturated carbocycles. The van der Waals surface area contributed by atoms with Gasteiger partial charge in [-0.2, -0.15) is 0 Å². The van der Waals surface area contributed by atoms with Gasteiger partial charge in [-0.25, -0.2) is 4.98 Å². The summed E-state index contributed by atoms with van der Waals surface area (Å²) in [7, 11) is 0. The molecule has 0 unspecified atom stereocenters. The van der Waals surface area contributed by atoms with Crippen molar-refractivity contribution >= 4 is 5.82 Å². The fourth-order valence-electron chi connectivity index (χ4n) is 1.53. The van der Waals surface area contributed by atoms with E-state index in [4.69, 9.17) is 5.11 Å². The molecule has 0 atom stereocenters. The largest absolute Gasteiger partial charge is 0.396 e. The molecule has 1 aromatic rings. The Labute approximate surface area is 97.9 Å². The molecule has 3 heteroatoms. The van der Waals surface area contributed by atoms with Crippen LogP contribution < -0.4 is 5.32 Å². The van der Waals surface area contributed by atoms with E-state index in [-0.39, 0.29) is 0 Å². The highest BCUT2D eigenvalue weighted by atomic mass is 16.2. The van der Waals surface area contributed by atoms with Crippen molar-refractivity contribution in [3.8, 4) is 0 Å². The molecule has 0 amide bonds. The Balaban J connectivity index is 2.33. The number of aromatic nitrogens is 1. The molecule has 0 aliphatic rings. The van der Waals surface area contributed by atoms with Crippen molar-refractivity contribution in [2.24, 2.45) is 0 Å². The van der Waals surface area contributed by atoms with E-state index in [2.05, 4.69) is 36.3 Å². The molecule has 0 bridgehead atoms. The molecule has 16 heavy (non-hydrogen) atoms. The molecular weight excluding hydrogens is 200 g/mol. The Bertz CT molecular complexity index is 300. The lowest BCUT2D eigenvalue weighted by Crippen LogP contribution is -2.04. The van der Waals surface area contributed by atoms with E-state index in [9.17, 15) is 0 Å². The lowest BCUT2D eigenvalue weighted by atomic mass is 10.1. The number of pyridine rings is 1. The summed E-state index contributed by atoms with van der Waals surface area (Å²) in [5, 5.41) is 12.0. The summed E-state index contributed by atoms with van der Waals surface area (Å²) in [6.45, 7) is 5.58. The molecule has 0 aromatic carbocycles. The first-order valence-corrected chi connectivity index (χ1v) is 6.04. The van der Waals surface area contributed by atoms with E-state index in [1.54, 1.807) is 0 Å². The lowest BCUT2D eigenvalue weighted by Gasteiger charge is -2.09. The first kappa shape index (κ1) is 13.0. The second kappa shape index (κ2) is 7.23. The molecule has 0 spiro atoms. The zero-order chi connectivity index (χ0) is 11.8. The number of hydrogen-bond donors (Lipinski definition) is 2. The van der Waals surface area contributed by atoms with Crippen LogP contribution in [0.3, 0.4) is 0 Å². The number of nitrogens with zero attached hydrogens (tertiary/aromatic N) is 1. The zero-order valence-corrected chi connectivity index (χ0v) is 10.2. The van der Waals surface area contributed by atoms with Crippen molar-refractivity contribution in [3.63, 3.8) is 0 Å². The Morgan fingerprint density at radius 3 is 2.81 bits per heavy atom. The number of aliphatic hydroxyl groups is 1. The first-order chi connectivity index (χ1) is 7.74. The Kier molecular flexibility index (Phi) is 5.86. The van der Waals surface area contributed by atoms with Gasteiger partial charge in [0.1, 0.15) is 5.82 Å². The third kappa shape index (κ3) is 4.62. The quantitative estimate of drug-likeness (QED) is 0.697. The Hall–Kier alpha value is -1.09. The van der Waals surface area contributed by atoms with Crippen LogP contribution in [0.25, 0.3) is 0 Å². The smallest absolute Gasteiger partial charge is 0.126 e. The molecule has 1 aromatic heterocycles. The van der Waals surface area contributed by atoms with Gasteiger partial charge in [0.2, 0.25) is 0 Å². The van der Waals surface area contributed by atoms with Gasteiger partial charge >= 0.3 is 0 Å². The van der Waals surface area contributed by atoms with Gasteiger partial charge in [0.05, 0.1) is 0 Å². The topological polar surface area (TPSA) is 45.2 Å². The number of hydrogen-bond acceptors (Lipinski definition) is 3. The lowest BCUT2D eigenvalue weighted by molar-refractivity contribution is 0.283. The number of aliphatic hydroxyl groups excluding tert-OH is 1. The first-order valence-electron chi connectivity index (χ1n) is 6.04. The number of rotatable bonds is 7. The van der Waals surface area contributed by atoms with Crippen molar-refractivity contribution in [1.29, 1.82) is 0 Å². The predicted octanol–water partition coefficient (Wildman–Crippen LogP) is 2.78. The van der Waals surface area contributed by atoms with Crippen LogP contribution in [0.15, 0.2) is 18.3 Å². The molecule has 0 saturated heterocycles. The summed E-state index contributed by atoms with van der Waals surface area (Å²) in [5.74, 6) is 1.49. The molecule has 1 heterocycles. The van der Waals surface area contributed by atoms with Gasteiger partial charge in [-0.1, -0.05) is 13.8 Å². The molecule has 2 N–H and O–H groups in total. The van der Waals surface area contributed by atoms with E-state index in [1.807, 2.05) is 6.20 Å². The maximum absolute atomic E-state index is 8.65. The van der Waals surface area contributed by atoms with Gasteiger partial charge in [0.15, 0.2) is 0 Å². The molecule has 0 radical (unpaired) electrons. The second-order valence-electron chi connectivity index (χ2n) is 4.34. The van der Waals surface area contributed by atoms with Gasteiger partial charge < -0.3 is 10.4 Å². The van der Waals surface area contributed by atoms with Gasteiger partial charge in [-0.15, -0.1) is 0 Å². The van der Waals surface area contributed by atoms with E-state index < -0.39 is 0 Å². The Morgan fingerprint density at radius 2 is 2.12 bits per heavy atom. The van der Waals surface area contributed by atoms with E-state index in [1.165, 1.54) is 5.56 Å². The minimum absolute atomic E-state index is 0.293. The van der Waals surface area contributed by atoms with Crippen molar-refractivity contribution < 1.29 is 5.11 Å². The average molecular weight is 222 g/mol. The van der Waals surface area contributed by atoms with Crippen LogP contribution in [-0.2, 0) is 0 Å². The summed E-state index contributed by atoms with van der Waals surface area (Å²) < 4.78 is 0. The molecular formula is C13H22N2O. The molecule has 1 rings (SSSR count). The Morgan fingerprint density at radius 1 is 1.31 bits per heavy atom. The SMILES string of the molecule is CC(C)c1ccnc(NCCCCCO)c1. The van der Waals surface area contributed by atoms with E-state index in [0.29, 0.717) is 12.5 Å². The molecule has 0 fully saturated rings. The monoisotopic (exact) mass is 222 g/mol. The highest BCUT2D eigenvalue weighted by molar-refractivity contribution is 5.38. The number of unbranched alkanes of at least 4 members (excludes halogenated alkanes) is 2. The summed E-state index contributed by atoms with van der Waals surface area (Å²) in [4.78, 5) is 4.28. The molecule has 0 aliphatic carbocycles. The summed E-state index contributed by atoms with van der Waals surface area (Å²) in [6, 6.07) is 4.16. The van der Waals surface area contributed by atoms with Crippen LogP contribution >= 0.6 is 0 Å². The van der Waals surface area contributed by atoms with Crippen molar-refractivity contribution in [2.45, 2.75) is 39.0 Å². The minimum atomic E-state index is 0.293. The van der Waals surface area contributed by atoms with E-state index >= 15 is 0 Å². The fraction of sp³-hybridized carbons (Fsp3) is 0.615. The third-order valence-electron chi connectivity index (χ3n) is 2.59. The van der Waals surface area contributed by atoms with Crippen LogP contribution in [-0.4, -0.2) is 23.2 Å². The number of nitrogens with one attached hydrogen (secondary N) is 1.